The summed E-state index contributed by atoms with van der Waals surface area (Å²) < 4.78 is 4.10. The third-order valence-electron chi connectivity index (χ3n) is 4.13. The van der Waals surface area contributed by atoms with Crippen LogP contribution in [0.5, 0.6) is 0 Å². The minimum Gasteiger partial charge on any atom is -0.282 e. The van der Waals surface area contributed by atoms with Gasteiger partial charge >= 0.3 is 17.1 Å². The van der Waals surface area contributed by atoms with Crippen LogP contribution in [0.2, 0.25) is 0 Å². The van der Waals surface area contributed by atoms with E-state index in [4.69, 9.17) is 0 Å². The van der Waals surface area contributed by atoms with Gasteiger partial charge in [-0.15, -0.1) is 24.5 Å². The lowest BCUT2D eigenvalue weighted by Gasteiger charge is -2.18. The van der Waals surface area contributed by atoms with Crippen molar-refractivity contribution in [3.05, 3.63) is 86.0 Å². The zero-order valence-electron chi connectivity index (χ0n) is 15.6. The van der Waals surface area contributed by atoms with E-state index < -0.39 is 17.1 Å². The van der Waals surface area contributed by atoms with E-state index in [1.165, 1.54) is 12.2 Å². The van der Waals surface area contributed by atoms with E-state index in [0.29, 0.717) is 6.54 Å². The summed E-state index contributed by atoms with van der Waals surface area (Å²) in [5.74, 6) is 0. The minimum absolute atomic E-state index is 0.0245. The number of nitrogens with zero attached hydrogens (tertiary/aromatic N) is 5. The van der Waals surface area contributed by atoms with Gasteiger partial charge in [0, 0.05) is 0 Å². The van der Waals surface area contributed by atoms with Crippen molar-refractivity contribution >= 4 is 21.6 Å². The van der Waals surface area contributed by atoms with E-state index in [-0.39, 0.29) is 19.8 Å². The molecular weight excluding hydrogens is 378 g/mol. The molecule has 3 rings (SSSR count). The summed E-state index contributed by atoms with van der Waals surface area (Å²) in [6.07, 6.45) is 2.89. The van der Waals surface area contributed by atoms with Crippen LogP contribution in [0, 0.1) is 0 Å². The van der Waals surface area contributed by atoms with Crippen molar-refractivity contribution in [3.63, 3.8) is 0 Å². The molecule has 0 N–H and O–H groups in total. The number of benzene rings is 1. The third kappa shape index (κ3) is 3.80. The first kappa shape index (κ1) is 19.7. The fourth-order valence-corrected chi connectivity index (χ4v) is 3.93. The average molecular weight is 399 g/mol. The quantitative estimate of drug-likeness (QED) is 0.533. The molecule has 0 aliphatic heterocycles. The zero-order valence-corrected chi connectivity index (χ0v) is 16.4. The van der Waals surface area contributed by atoms with Gasteiger partial charge < -0.3 is 0 Å². The standard InChI is InChI=1S/C19H21N5O3S/c1-4-10-22-17(25)23(11-5-2)19(27)24(18(22)26)13-21(3)12-16-20-14-8-6-7-9-15(14)28-16/h4-9H,1-2,10-13H2,3H3. The molecule has 2 aromatic heterocycles. The number of rotatable bonds is 8. The van der Waals surface area contributed by atoms with E-state index in [2.05, 4.69) is 18.1 Å². The molecule has 0 radical (unpaired) electrons. The van der Waals surface area contributed by atoms with Gasteiger partial charge in [0.2, 0.25) is 0 Å². The van der Waals surface area contributed by atoms with E-state index in [0.717, 1.165) is 28.9 Å². The molecule has 3 aromatic rings. The molecule has 1 aromatic carbocycles. The molecule has 0 saturated carbocycles. The SMILES string of the molecule is C=CCn1c(=O)n(CC=C)c(=O)n(CN(C)Cc2nc3ccccc3s2)c1=O. The second kappa shape index (κ2) is 8.32. The van der Waals surface area contributed by atoms with Crippen LogP contribution in [-0.4, -0.2) is 30.6 Å². The molecule has 28 heavy (non-hydrogen) atoms. The molecule has 0 atom stereocenters. The Hall–Kier alpha value is -3.04. The predicted molar refractivity (Wildman–Crippen MR) is 111 cm³/mol. The van der Waals surface area contributed by atoms with Crippen LogP contribution in [-0.2, 0) is 26.3 Å². The van der Waals surface area contributed by atoms with E-state index in [1.54, 1.807) is 18.4 Å². The molecule has 0 saturated heterocycles. The number of aromatic nitrogens is 4. The topological polar surface area (TPSA) is 82.1 Å². The molecule has 9 heteroatoms. The van der Waals surface area contributed by atoms with Crippen molar-refractivity contribution in [2.75, 3.05) is 7.05 Å². The lowest BCUT2D eigenvalue weighted by Crippen LogP contribution is -2.55. The summed E-state index contributed by atoms with van der Waals surface area (Å²) >= 11 is 1.56. The minimum atomic E-state index is -0.667. The monoisotopic (exact) mass is 399 g/mol. The highest BCUT2D eigenvalue weighted by Gasteiger charge is 2.16. The summed E-state index contributed by atoms with van der Waals surface area (Å²) in [4.78, 5) is 44.2. The summed E-state index contributed by atoms with van der Waals surface area (Å²) in [7, 11) is 1.79. The van der Waals surface area contributed by atoms with Crippen molar-refractivity contribution in [3.8, 4) is 0 Å². The maximum absolute atomic E-state index is 12.7. The van der Waals surface area contributed by atoms with Gasteiger partial charge in [0.1, 0.15) is 5.01 Å². The summed E-state index contributed by atoms with van der Waals surface area (Å²) in [5, 5.41) is 0.877. The molecule has 0 aliphatic carbocycles. The Labute approximate surface area is 164 Å². The third-order valence-corrected chi connectivity index (χ3v) is 5.16. The second-order valence-electron chi connectivity index (χ2n) is 6.31. The number of hydrogen-bond donors (Lipinski definition) is 0. The molecule has 0 spiro atoms. The van der Waals surface area contributed by atoms with Gasteiger partial charge in [0.15, 0.2) is 0 Å². The normalized spacial score (nSPS) is 11.2. The largest absolute Gasteiger partial charge is 0.337 e. The van der Waals surface area contributed by atoms with Crippen molar-refractivity contribution in [2.24, 2.45) is 0 Å². The van der Waals surface area contributed by atoms with E-state index >= 15 is 0 Å². The van der Waals surface area contributed by atoms with Crippen LogP contribution in [0.3, 0.4) is 0 Å². The molecule has 0 fully saturated rings. The van der Waals surface area contributed by atoms with Crippen molar-refractivity contribution in [2.45, 2.75) is 26.3 Å². The average Bonchev–Trinajstić information content (AvgIpc) is 3.08. The Morgan fingerprint density at radius 2 is 1.57 bits per heavy atom. The van der Waals surface area contributed by atoms with Crippen LogP contribution in [0.1, 0.15) is 5.01 Å². The summed E-state index contributed by atoms with van der Waals surface area (Å²) in [5.41, 5.74) is -1.07. The van der Waals surface area contributed by atoms with Gasteiger partial charge in [-0.1, -0.05) is 24.3 Å². The fraction of sp³-hybridized carbons (Fsp3) is 0.263. The van der Waals surface area contributed by atoms with Gasteiger partial charge in [-0.3, -0.25) is 4.90 Å². The molecular formula is C19H21N5O3S. The fourth-order valence-electron chi connectivity index (χ4n) is 2.88. The smallest absolute Gasteiger partial charge is 0.282 e. The highest BCUT2D eigenvalue weighted by atomic mass is 32.1. The maximum atomic E-state index is 12.7. The Kier molecular flexibility index (Phi) is 5.86. The van der Waals surface area contributed by atoms with E-state index in [1.807, 2.05) is 29.2 Å². The van der Waals surface area contributed by atoms with Crippen LogP contribution >= 0.6 is 11.3 Å². The molecule has 0 aliphatic rings. The first-order valence-electron chi connectivity index (χ1n) is 8.65. The molecule has 0 bridgehead atoms. The lowest BCUT2D eigenvalue weighted by molar-refractivity contribution is 0.240. The Balaban J connectivity index is 1.94. The van der Waals surface area contributed by atoms with E-state index in [9.17, 15) is 14.4 Å². The number of thiazole rings is 1. The zero-order chi connectivity index (χ0) is 20.3. The van der Waals surface area contributed by atoms with Crippen LogP contribution in [0.25, 0.3) is 10.2 Å². The Morgan fingerprint density at radius 1 is 1.00 bits per heavy atom. The van der Waals surface area contributed by atoms with Gasteiger partial charge in [-0.05, 0) is 19.2 Å². The molecule has 2 heterocycles. The van der Waals surface area contributed by atoms with Crippen molar-refractivity contribution in [1.29, 1.82) is 0 Å². The predicted octanol–water partition coefficient (Wildman–Crippen LogP) is 1.24. The molecule has 0 amide bonds. The second-order valence-corrected chi connectivity index (χ2v) is 7.42. The molecule has 0 unspecified atom stereocenters. The van der Waals surface area contributed by atoms with Crippen molar-refractivity contribution in [1.82, 2.24) is 23.6 Å². The van der Waals surface area contributed by atoms with Crippen LogP contribution < -0.4 is 17.1 Å². The lowest BCUT2D eigenvalue weighted by atomic mass is 10.3. The Bertz CT molecular complexity index is 1120. The van der Waals surface area contributed by atoms with Crippen LogP contribution in [0.4, 0.5) is 0 Å². The molecule has 8 nitrogen and oxygen atoms in total. The first-order chi connectivity index (χ1) is 13.5. The summed E-state index contributed by atoms with van der Waals surface area (Å²) in [6, 6.07) is 7.83. The highest BCUT2D eigenvalue weighted by molar-refractivity contribution is 7.18. The summed E-state index contributed by atoms with van der Waals surface area (Å²) in [6.45, 7) is 7.69. The number of allylic oxidation sites excluding steroid dienone is 2. The van der Waals surface area contributed by atoms with Gasteiger partial charge in [0.05, 0.1) is 36.5 Å². The van der Waals surface area contributed by atoms with Crippen molar-refractivity contribution < 1.29 is 0 Å². The van der Waals surface area contributed by atoms with Gasteiger partial charge in [-0.25, -0.2) is 33.1 Å². The van der Waals surface area contributed by atoms with Gasteiger partial charge in [0.25, 0.3) is 0 Å². The van der Waals surface area contributed by atoms with Crippen LogP contribution in [0.15, 0.2) is 64.0 Å². The Morgan fingerprint density at radius 3 is 2.14 bits per heavy atom. The molecule has 146 valence electrons. The number of para-hydroxylation sites is 1. The van der Waals surface area contributed by atoms with Gasteiger partial charge in [-0.2, -0.15) is 0 Å². The maximum Gasteiger partial charge on any atom is 0.337 e. The number of fused-ring (bicyclic) bond motifs is 1. The first-order valence-corrected chi connectivity index (χ1v) is 9.47. The number of hydrogen-bond acceptors (Lipinski definition) is 6. The highest BCUT2D eigenvalue weighted by Crippen LogP contribution is 2.22.